The van der Waals surface area contributed by atoms with Crippen LogP contribution in [0.1, 0.15) is 58.6 Å². The van der Waals surface area contributed by atoms with Crippen molar-refractivity contribution in [3.63, 3.8) is 0 Å². The molecule has 1 aromatic heterocycles. The first kappa shape index (κ1) is 18.5. The van der Waals surface area contributed by atoms with Crippen molar-refractivity contribution in [3.05, 3.63) is 11.8 Å². The Balaban J connectivity index is 1.72. The first-order valence-electron chi connectivity index (χ1n) is 8.76. The molecule has 0 aromatic carbocycles. The lowest BCUT2D eigenvalue weighted by Crippen LogP contribution is -2.41. The lowest BCUT2D eigenvalue weighted by Gasteiger charge is -2.31. The van der Waals surface area contributed by atoms with Gasteiger partial charge >= 0.3 is 0 Å². The van der Waals surface area contributed by atoms with Gasteiger partial charge in [-0.1, -0.05) is 25.9 Å². The maximum absolute atomic E-state index is 12.3. The Labute approximate surface area is 143 Å². The van der Waals surface area contributed by atoms with Gasteiger partial charge in [-0.2, -0.15) is 0 Å². The van der Waals surface area contributed by atoms with Crippen LogP contribution >= 0.6 is 0 Å². The number of hydrogen-bond donors (Lipinski definition) is 1. The molecule has 0 radical (unpaired) electrons. The van der Waals surface area contributed by atoms with Gasteiger partial charge in [-0.05, 0) is 38.0 Å². The minimum Gasteiger partial charge on any atom is -0.360 e. The zero-order valence-electron chi connectivity index (χ0n) is 15.2. The number of aromatic nitrogens is 1. The fourth-order valence-corrected chi connectivity index (χ4v) is 2.97. The summed E-state index contributed by atoms with van der Waals surface area (Å²) in [5.41, 5.74) is 0.269. The van der Waals surface area contributed by atoms with Crippen LogP contribution in [0.5, 0.6) is 0 Å². The van der Waals surface area contributed by atoms with Crippen LogP contribution in [0, 0.1) is 18.3 Å². The highest BCUT2D eigenvalue weighted by Crippen LogP contribution is 2.23. The van der Waals surface area contributed by atoms with E-state index in [1.807, 2.05) is 4.90 Å². The lowest BCUT2D eigenvalue weighted by molar-refractivity contribution is -0.134. The summed E-state index contributed by atoms with van der Waals surface area (Å²) in [5.74, 6) is 1.23. The first-order chi connectivity index (χ1) is 11.2. The average Bonchev–Trinajstić information content (AvgIpc) is 2.91. The highest BCUT2D eigenvalue weighted by Gasteiger charge is 2.27. The maximum Gasteiger partial charge on any atom is 0.228 e. The molecule has 2 heterocycles. The largest absolute Gasteiger partial charge is 0.360 e. The number of nitrogens with zero attached hydrogens (tertiary/aromatic N) is 2. The van der Waals surface area contributed by atoms with Crippen molar-refractivity contribution in [2.45, 2.75) is 59.8 Å². The number of aryl methyl sites for hydroxylation is 1. The average molecular weight is 335 g/mol. The molecule has 1 aliphatic rings. The topological polar surface area (TPSA) is 75.4 Å². The van der Waals surface area contributed by atoms with Crippen LogP contribution in [0.15, 0.2) is 10.6 Å². The van der Waals surface area contributed by atoms with Crippen LogP contribution in [0.25, 0.3) is 0 Å². The van der Waals surface area contributed by atoms with Crippen molar-refractivity contribution in [1.82, 2.24) is 10.1 Å². The summed E-state index contributed by atoms with van der Waals surface area (Å²) in [7, 11) is 0. The van der Waals surface area contributed by atoms with Crippen LogP contribution in [0.3, 0.4) is 0 Å². The summed E-state index contributed by atoms with van der Waals surface area (Å²) in [6, 6.07) is 1.70. The molecule has 1 aliphatic heterocycles. The van der Waals surface area contributed by atoms with E-state index in [-0.39, 0.29) is 23.1 Å². The molecule has 2 amide bonds. The Morgan fingerprint density at radius 1 is 1.33 bits per heavy atom. The van der Waals surface area contributed by atoms with Crippen molar-refractivity contribution in [2.75, 3.05) is 18.4 Å². The van der Waals surface area contributed by atoms with Gasteiger partial charge in [0.2, 0.25) is 11.8 Å². The van der Waals surface area contributed by atoms with Crippen molar-refractivity contribution in [1.29, 1.82) is 0 Å². The highest BCUT2D eigenvalue weighted by atomic mass is 16.5. The van der Waals surface area contributed by atoms with Gasteiger partial charge in [-0.3, -0.25) is 9.59 Å². The summed E-state index contributed by atoms with van der Waals surface area (Å²) in [6.07, 6.45) is 3.98. The summed E-state index contributed by atoms with van der Waals surface area (Å²) in [5, 5.41) is 6.56. The molecular weight excluding hydrogens is 306 g/mol. The van der Waals surface area contributed by atoms with Gasteiger partial charge in [-0.15, -0.1) is 0 Å². The molecular formula is C18H29N3O3. The Hall–Kier alpha value is -1.85. The smallest absolute Gasteiger partial charge is 0.228 e. The molecule has 6 heteroatoms. The molecule has 1 saturated heterocycles. The molecule has 1 aromatic rings. The minimum absolute atomic E-state index is 0.0388. The van der Waals surface area contributed by atoms with Crippen LogP contribution in [0.4, 0.5) is 5.82 Å². The molecule has 1 fully saturated rings. The van der Waals surface area contributed by atoms with Crippen LogP contribution in [0.2, 0.25) is 0 Å². The molecule has 0 aliphatic carbocycles. The Kier molecular flexibility index (Phi) is 6.02. The van der Waals surface area contributed by atoms with Gasteiger partial charge < -0.3 is 14.7 Å². The summed E-state index contributed by atoms with van der Waals surface area (Å²) in [6.45, 7) is 9.68. The minimum atomic E-state index is -0.0689. The second-order valence-corrected chi connectivity index (χ2v) is 7.88. The number of anilines is 1. The molecule has 0 spiro atoms. The number of piperidine rings is 1. The van der Waals surface area contributed by atoms with Crippen LogP contribution in [-0.4, -0.2) is 35.0 Å². The zero-order valence-corrected chi connectivity index (χ0v) is 15.2. The molecule has 0 saturated carbocycles. The number of carbonyl (C=O) groups excluding carboxylic acids is 2. The van der Waals surface area contributed by atoms with Gasteiger partial charge in [0, 0.05) is 31.5 Å². The van der Waals surface area contributed by atoms with Gasteiger partial charge in [0.05, 0.1) is 0 Å². The number of amides is 2. The predicted octanol–water partition coefficient (Wildman–Crippen LogP) is 3.38. The van der Waals surface area contributed by atoms with E-state index in [2.05, 4.69) is 31.2 Å². The van der Waals surface area contributed by atoms with Crippen molar-refractivity contribution in [3.8, 4) is 0 Å². The number of likely N-dealkylation sites (tertiary alicyclic amines) is 1. The second-order valence-electron chi connectivity index (χ2n) is 7.88. The predicted molar refractivity (Wildman–Crippen MR) is 92.5 cm³/mol. The number of hydrogen-bond acceptors (Lipinski definition) is 4. The molecule has 0 bridgehead atoms. The Bertz CT molecular complexity index is 566. The standard InChI is InChI=1S/C18H29N3O3/c1-13-12-15(20-24-13)19-17(23)14-7-10-21(11-8-14)16(22)6-5-9-18(2,3)4/h12,14H,5-11H2,1-4H3,(H,19,20,23). The molecule has 1 N–H and O–H groups in total. The summed E-state index contributed by atoms with van der Waals surface area (Å²) < 4.78 is 4.94. The Morgan fingerprint density at radius 2 is 2.00 bits per heavy atom. The molecule has 0 unspecified atom stereocenters. The quantitative estimate of drug-likeness (QED) is 0.895. The third-order valence-corrected chi connectivity index (χ3v) is 4.42. The SMILES string of the molecule is Cc1cc(NC(=O)C2CCN(C(=O)CCCC(C)(C)C)CC2)no1. The first-order valence-corrected chi connectivity index (χ1v) is 8.76. The van der Waals surface area contributed by atoms with E-state index in [0.29, 0.717) is 43.9 Å². The van der Waals surface area contributed by atoms with Crippen molar-refractivity contribution < 1.29 is 14.1 Å². The van der Waals surface area contributed by atoms with Crippen molar-refractivity contribution >= 4 is 17.6 Å². The monoisotopic (exact) mass is 335 g/mol. The van der Waals surface area contributed by atoms with Crippen LogP contribution in [-0.2, 0) is 9.59 Å². The van der Waals surface area contributed by atoms with Gasteiger partial charge in [0.1, 0.15) is 5.76 Å². The van der Waals surface area contributed by atoms with E-state index >= 15 is 0 Å². The Morgan fingerprint density at radius 3 is 2.54 bits per heavy atom. The van der Waals surface area contributed by atoms with Gasteiger partial charge in [0.15, 0.2) is 5.82 Å². The van der Waals surface area contributed by atoms with E-state index in [4.69, 9.17) is 4.52 Å². The third-order valence-electron chi connectivity index (χ3n) is 4.42. The number of nitrogens with one attached hydrogen (secondary N) is 1. The molecule has 24 heavy (non-hydrogen) atoms. The molecule has 2 rings (SSSR count). The van der Waals surface area contributed by atoms with Gasteiger partial charge in [0.25, 0.3) is 0 Å². The number of carbonyl (C=O) groups is 2. The highest BCUT2D eigenvalue weighted by molar-refractivity contribution is 5.91. The van der Waals surface area contributed by atoms with E-state index in [9.17, 15) is 9.59 Å². The summed E-state index contributed by atoms with van der Waals surface area (Å²) in [4.78, 5) is 26.4. The zero-order chi connectivity index (χ0) is 17.7. The van der Waals surface area contributed by atoms with Gasteiger partial charge in [-0.25, -0.2) is 0 Å². The van der Waals surface area contributed by atoms with E-state index in [0.717, 1.165) is 12.8 Å². The van der Waals surface area contributed by atoms with E-state index in [1.54, 1.807) is 13.0 Å². The number of rotatable bonds is 5. The molecule has 134 valence electrons. The summed E-state index contributed by atoms with van der Waals surface area (Å²) >= 11 is 0. The molecule has 6 nitrogen and oxygen atoms in total. The van der Waals surface area contributed by atoms with E-state index in [1.165, 1.54) is 0 Å². The third kappa shape index (κ3) is 5.65. The van der Waals surface area contributed by atoms with E-state index < -0.39 is 0 Å². The maximum atomic E-state index is 12.3. The van der Waals surface area contributed by atoms with Crippen molar-refractivity contribution in [2.24, 2.45) is 11.3 Å². The molecule has 0 atom stereocenters. The normalized spacial score (nSPS) is 16.2. The second kappa shape index (κ2) is 7.81. The fourth-order valence-electron chi connectivity index (χ4n) is 2.97. The van der Waals surface area contributed by atoms with Crippen LogP contribution < -0.4 is 5.32 Å². The fraction of sp³-hybridized carbons (Fsp3) is 0.722. The lowest BCUT2D eigenvalue weighted by atomic mass is 9.89.